The summed E-state index contributed by atoms with van der Waals surface area (Å²) in [4.78, 5) is 22.3. The number of carbonyl (C=O) groups is 1. The van der Waals surface area contributed by atoms with E-state index in [9.17, 15) is 13.2 Å². The Labute approximate surface area is 237 Å². The van der Waals surface area contributed by atoms with E-state index in [2.05, 4.69) is 0 Å². The van der Waals surface area contributed by atoms with Gasteiger partial charge in [-0.2, -0.15) is 4.31 Å². The van der Waals surface area contributed by atoms with Crippen LogP contribution in [0.1, 0.15) is 21.5 Å². The third kappa shape index (κ3) is 5.17. The zero-order valence-electron chi connectivity index (χ0n) is 22.4. The molecule has 11 heteroatoms. The van der Waals surface area contributed by atoms with Crippen molar-refractivity contribution in [2.75, 3.05) is 51.8 Å². The Morgan fingerprint density at radius 1 is 0.975 bits per heavy atom. The first kappa shape index (κ1) is 26.7. The van der Waals surface area contributed by atoms with Crippen LogP contribution in [-0.2, 0) is 23.0 Å². The van der Waals surface area contributed by atoms with E-state index in [4.69, 9.17) is 14.5 Å². The van der Waals surface area contributed by atoms with Crippen molar-refractivity contribution in [2.24, 2.45) is 0 Å². The lowest BCUT2D eigenvalue weighted by Crippen LogP contribution is -2.37. The van der Waals surface area contributed by atoms with Crippen LogP contribution in [0.3, 0.4) is 0 Å². The molecule has 1 aromatic heterocycles. The number of benzene rings is 3. The van der Waals surface area contributed by atoms with Gasteiger partial charge < -0.3 is 14.4 Å². The van der Waals surface area contributed by atoms with Crippen LogP contribution in [-0.4, -0.2) is 75.5 Å². The van der Waals surface area contributed by atoms with Gasteiger partial charge in [-0.3, -0.25) is 9.69 Å². The average molecular weight is 579 g/mol. The molecule has 0 unspecified atom stereocenters. The molecule has 0 radical (unpaired) electrons. The van der Waals surface area contributed by atoms with Gasteiger partial charge in [0.2, 0.25) is 10.0 Å². The van der Waals surface area contributed by atoms with Crippen LogP contribution >= 0.6 is 11.3 Å². The van der Waals surface area contributed by atoms with Crippen LogP contribution in [0.25, 0.3) is 10.2 Å². The van der Waals surface area contributed by atoms with Crippen LogP contribution in [0.15, 0.2) is 65.6 Å². The lowest BCUT2D eigenvalue weighted by atomic mass is 10.0. The lowest BCUT2D eigenvalue weighted by molar-refractivity contribution is 0.0985. The van der Waals surface area contributed by atoms with Crippen molar-refractivity contribution in [3.8, 4) is 11.5 Å². The molecule has 0 saturated carbocycles. The normalized spacial score (nSPS) is 15.3. The SMILES string of the molecule is CN(C)CCN(C(=O)c1ccc(S(=O)(=O)N2CCc3ccccc3C2)cc1)c1nc2cc3c(cc2s1)OCCO3. The number of nitrogens with zero attached hydrogens (tertiary/aromatic N) is 4. The molecule has 6 rings (SSSR count). The van der Waals surface area contributed by atoms with Crippen LogP contribution in [0.5, 0.6) is 11.5 Å². The third-order valence-corrected chi connectivity index (χ3v) is 10.0. The molecule has 4 aromatic rings. The van der Waals surface area contributed by atoms with Crippen LogP contribution in [0.2, 0.25) is 0 Å². The van der Waals surface area contributed by atoms with Crippen molar-refractivity contribution in [3.05, 3.63) is 77.4 Å². The quantitative estimate of drug-likeness (QED) is 0.327. The number of ether oxygens (including phenoxy) is 2. The molecule has 0 N–H and O–H groups in total. The molecule has 40 heavy (non-hydrogen) atoms. The Kier molecular flexibility index (Phi) is 7.22. The Morgan fingerprint density at radius 3 is 2.40 bits per heavy atom. The topological polar surface area (TPSA) is 92.3 Å². The summed E-state index contributed by atoms with van der Waals surface area (Å²) < 4.78 is 40.6. The van der Waals surface area contributed by atoms with Gasteiger partial charge in [-0.1, -0.05) is 35.6 Å². The van der Waals surface area contributed by atoms with Crippen molar-refractivity contribution in [2.45, 2.75) is 17.9 Å². The summed E-state index contributed by atoms with van der Waals surface area (Å²) in [5, 5.41) is 0.563. The van der Waals surface area contributed by atoms with E-state index in [1.54, 1.807) is 17.0 Å². The summed E-state index contributed by atoms with van der Waals surface area (Å²) in [7, 11) is 0.195. The zero-order chi connectivity index (χ0) is 27.9. The van der Waals surface area contributed by atoms with E-state index >= 15 is 0 Å². The summed E-state index contributed by atoms with van der Waals surface area (Å²) in [5.41, 5.74) is 3.33. The predicted molar refractivity (Wildman–Crippen MR) is 155 cm³/mol. The number of hydrogen-bond acceptors (Lipinski definition) is 8. The Bertz CT molecular complexity index is 1620. The minimum Gasteiger partial charge on any atom is -0.486 e. The number of carbonyl (C=O) groups excluding carboxylic acids is 1. The molecule has 208 valence electrons. The monoisotopic (exact) mass is 578 g/mol. The smallest absolute Gasteiger partial charge is 0.260 e. The highest BCUT2D eigenvalue weighted by Gasteiger charge is 2.29. The molecule has 0 saturated heterocycles. The van der Waals surface area contributed by atoms with Crippen molar-refractivity contribution in [1.82, 2.24) is 14.2 Å². The standard InChI is InChI=1S/C29H30N4O5S2/c1-31(2)13-14-33(29-30-24-17-25-26(18-27(24)39-29)38-16-15-37-25)28(34)21-7-9-23(10-8-21)40(35,36)32-12-11-20-5-3-4-6-22(20)19-32/h3-10,17-18H,11-16,19H2,1-2H3. The van der Waals surface area contributed by atoms with Gasteiger partial charge in [0.15, 0.2) is 16.6 Å². The fourth-order valence-corrected chi connectivity index (χ4v) is 7.32. The van der Waals surface area contributed by atoms with E-state index in [1.807, 2.05) is 55.4 Å². The summed E-state index contributed by atoms with van der Waals surface area (Å²) in [6.45, 7) is 2.80. The number of sulfonamides is 1. The van der Waals surface area contributed by atoms with Gasteiger partial charge in [-0.05, 0) is 55.9 Å². The zero-order valence-corrected chi connectivity index (χ0v) is 24.0. The Morgan fingerprint density at radius 2 is 1.68 bits per heavy atom. The molecule has 1 amide bonds. The molecule has 3 heterocycles. The second kappa shape index (κ2) is 10.8. The molecule has 3 aromatic carbocycles. The third-order valence-electron chi connectivity index (χ3n) is 7.12. The number of amides is 1. The molecule has 0 spiro atoms. The van der Waals surface area contributed by atoms with Crippen molar-refractivity contribution in [3.63, 3.8) is 0 Å². The van der Waals surface area contributed by atoms with Crippen molar-refractivity contribution in [1.29, 1.82) is 0 Å². The van der Waals surface area contributed by atoms with Gasteiger partial charge >= 0.3 is 0 Å². The second-order valence-corrected chi connectivity index (χ2v) is 13.0. The number of thiazole rings is 1. The van der Waals surface area contributed by atoms with Gasteiger partial charge in [0.05, 0.1) is 15.1 Å². The van der Waals surface area contributed by atoms with Gasteiger partial charge in [0.1, 0.15) is 13.2 Å². The molecule has 0 fully saturated rings. The summed E-state index contributed by atoms with van der Waals surface area (Å²) in [6, 6.07) is 17.9. The number of aromatic nitrogens is 1. The maximum atomic E-state index is 13.8. The van der Waals surface area contributed by atoms with E-state index in [-0.39, 0.29) is 10.8 Å². The van der Waals surface area contributed by atoms with Crippen LogP contribution in [0, 0.1) is 0 Å². The fraction of sp³-hybridized carbons (Fsp3) is 0.310. The van der Waals surface area contributed by atoms with E-state index in [0.29, 0.717) is 68.0 Å². The number of hydrogen-bond donors (Lipinski definition) is 0. The van der Waals surface area contributed by atoms with E-state index < -0.39 is 10.0 Å². The summed E-state index contributed by atoms with van der Waals surface area (Å²) >= 11 is 1.41. The number of rotatable bonds is 7. The highest BCUT2D eigenvalue weighted by atomic mass is 32.2. The van der Waals surface area contributed by atoms with Gasteiger partial charge in [-0.15, -0.1) is 0 Å². The van der Waals surface area contributed by atoms with Crippen LogP contribution < -0.4 is 14.4 Å². The molecule has 2 aliphatic rings. The maximum Gasteiger partial charge on any atom is 0.260 e. The molecule has 0 aliphatic carbocycles. The first-order chi connectivity index (χ1) is 19.3. The minimum absolute atomic E-state index is 0.175. The first-order valence-electron chi connectivity index (χ1n) is 13.1. The molecular formula is C29H30N4O5S2. The highest BCUT2D eigenvalue weighted by molar-refractivity contribution is 7.89. The molecule has 0 atom stereocenters. The second-order valence-electron chi connectivity index (χ2n) is 10.1. The molecule has 9 nitrogen and oxygen atoms in total. The van der Waals surface area contributed by atoms with Crippen molar-refractivity contribution < 1.29 is 22.7 Å². The Balaban J connectivity index is 1.26. The van der Waals surface area contributed by atoms with Gasteiger partial charge in [0, 0.05) is 43.9 Å². The largest absolute Gasteiger partial charge is 0.486 e. The average Bonchev–Trinajstić information content (AvgIpc) is 3.37. The number of fused-ring (bicyclic) bond motifs is 3. The lowest BCUT2D eigenvalue weighted by Gasteiger charge is -2.28. The fourth-order valence-electron chi connectivity index (χ4n) is 4.90. The van der Waals surface area contributed by atoms with Crippen molar-refractivity contribution >= 4 is 42.6 Å². The predicted octanol–water partition coefficient (Wildman–Crippen LogP) is 4.02. The molecule has 0 bridgehead atoms. The van der Waals surface area contributed by atoms with E-state index in [0.717, 1.165) is 15.8 Å². The van der Waals surface area contributed by atoms with Gasteiger partial charge in [-0.25, -0.2) is 13.4 Å². The molecular weight excluding hydrogens is 548 g/mol. The summed E-state index contributed by atoms with van der Waals surface area (Å²) in [6.07, 6.45) is 0.677. The van der Waals surface area contributed by atoms with Gasteiger partial charge in [0.25, 0.3) is 5.91 Å². The van der Waals surface area contributed by atoms with Crippen LogP contribution in [0.4, 0.5) is 5.13 Å². The Hall–Kier alpha value is -3.51. The summed E-state index contributed by atoms with van der Waals surface area (Å²) in [5.74, 6) is 1.08. The molecule has 2 aliphatic heterocycles. The maximum absolute atomic E-state index is 13.8. The number of anilines is 1. The van der Waals surface area contributed by atoms with E-state index in [1.165, 1.54) is 33.3 Å². The first-order valence-corrected chi connectivity index (χ1v) is 15.4. The minimum atomic E-state index is -3.70. The number of likely N-dealkylation sites (N-methyl/N-ethyl adjacent to an activating group) is 1. The highest BCUT2D eigenvalue weighted by Crippen LogP contribution is 2.39.